The molecule has 1 aromatic carbocycles. The smallest absolute Gasteiger partial charge is 0.382 e. The first-order valence-corrected chi connectivity index (χ1v) is 7.43. The standard InChI is InChI=1S/C12H14F3NO3S/c1-19-10-6-9(7-10)16-8-2-4-11(5-3-8)20(17,18)12(13,14)15/h2-5,9-10,16H,6-7H2,1H3. The molecular weight excluding hydrogens is 295 g/mol. The van der Waals surface area contributed by atoms with Gasteiger partial charge >= 0.3 is 5.51 Å². The molecule has 4 nitrogen and oxygen atoms in total. The van der Waals surface area contributed by atoms with E-state index in [2.05, 4.69) is 5.32 Å². The van der Waals surface area contributed by atoms with Gasteiger partial charge in [0, 0.05) is 18.8 Å². The number of ether oxygens (including phenoxy) is 1. The fourth-order valence-electron chi connectivity index (χ4n) is 1.98. The Kier molecular flexibility index (Phi) is 3.97. The minimum Gasteiger partial charge on any atom is -0.382 e. The lowest BCUT2D eigenvalue weighted by molar-refractivity contribution is -0.0436. The molecule has 0 bridgehead atoms. The van der Waals surface area contributed by atoms with Crippen molar-refractivity contribution in [3.63, 3.8) is 0 Å². The summed E-state index contributed by atoms with van der Waals surface area (Å²) in [5.41, 5.74) is -4.69. The molecule has 1 fully saturated rings. The Morgan fingerprint density at radius 1 is 1.20 bits per heavy atom. The van der Waals surface area contributed by atoms with E-state index in [1.165, 1.54) is 12.1 Å². The predicted molar refractivity (Wildman–Crippen MR) is 67.1 cm³/mol. The molecular formula is C12H14F3NO3S. The molecule has 8 heteroatoms. The van der Waals surface area contributed by atoms with Crippen molar-refractivity contribution in [1.29, 1.82) is 0 Å². The van der Waals surface area contributed by atoms with Crippen LogP contribution in [0.3, 0.4) is 0 Å². The third-order valence-electron chi connectivity index (χ3n) is 3.27. The van der Waals surface area contributed by atoms with Gasteiger partial charge in [0.2, 0.25) is 0 Å². The van der Waals surface area contributed by atoms with E-state index < -0.39 is 20.2 Å². The van der Waals surface area contributed by atoms with Crippen LogP contribution in [0, 0.1) is 0 Å². The van der Waals surface area contributed by atoms with Crippen LogP contribution in [0.15, 0.2) is 29.2 Å². The molecule has 0 radical (unpaired) electrons. The fourth-order valence-corrected chi connectivity index (χ4v) is 2.74. The van der Waals surface area contributed by atoms with E-state index >= 15 is 0 Å². The number of anilines is 1. The van der Waals surface area contributed by atoms with Gasteiger partial charge in [-0.1, -0.05) is 0 Å². The summed E-state index contributed by atoms with van der Waals surface area (Å²) in [6.45, 7) is 0. The molecule has 0 aromatic heterocycles. The van der Waals surface area contributed by atoms with Crippen LogP contribution in [0.4, 0.5) is 18.9 Å². The Hall–Kier alpha value is -1.28. The van der Waals surface area contributed by atoms with Gasteiger partial charge in [0.25, 0.3) is 9.84 Å². The predicted octanol–water partition coefficient (Wildman–Crippen LogP) is 2.57. The lowest BCUT2D eigenvalue weighted by Crippen LogP contribution is -2.40. The molecule has 0 atom stereocenters. The zero-order chi connectivity index (χ0) is 15.0. The van der Waals surface area contributed by atoms with Crippen LogP contribution in [0.5, 0.6) is 0 Å². The van der Waals surface area contributed by atoms with Crippen molar-refractivity contribution in [3.8, 4) is 0 Å². The fraction of sp³-hybridized carbons (Fsp3) is 0.500. The van der Waals surface area contributed by atoms with Crippen molar-refractivity contribution in [3.05, 3.63) is 24.3 Å². The van der Waals surface area contributed by atoms with Crippen molar-refractivity contribution in [2.75, 3.05) is 12.4 Å². The second-order valence-electron chi connectivity index (χ2n) is 4.64. The number of benzene rings is 1. The Labute approximate surface area is 114 Å². The van der Waals surface area contributed by atoms with Gasteiger partial charge in [-0.3, -0.25) is 0 Å². The summed E-state index contributed by atoms with van der Waals surface area (Å²) in [5.74, 6) is 0. The minimum absolute atomic E-state index is 0.199. The van der Waals surface area contributed by atoms with Crippen LogP contribution in [-0.2, 0) is 14.6 Å². The average Bonchev–Trinajstić information content (AvgIpc) is 2.32. The molecule has 0 spiro atoms. The highest BCUT2D eigenvalue weighted by Gasteiger charge is 2.46. The highest BCUT2D eigenvalue weighted by Crippen LogP contribution is 2.31. The molecule has 20 heavy (non-hydrogen) atoms. The third kappa shape index (κ3) is 2.90. The number of nitrogens with one attached hydrogen (secondary N) is 1. The van der Waals surface area contributed by atoms with Crippen LogP contribution < -0.4 is 5.32 Å². The molecule has 2 rings (SSSR count). The summed E-state index contributed by atoms with van der Waals surface area (Å²) in [4.78, 5) is -0.751. The van der Waals surface area contributed by atoms with Crippen LogP contribution in [0.2, 0.25) is 0 Å². The van der Waals surface area contributed by atoms with Crippen LogP contribution >= 0.6 is 0 Å². The van der Waals surface area contributed by atoms with E-state index in [-0.39, 0.29) is 12.1 Å². The number of halogens is 3. The van der Waals surface area contributed by atoms with Crippen LogP contribution in [0.1, 0.15) is 12.8 Å². The normalized spacial score (nSPS) is 23.2. The van der Waals surface area contributed by atoms with Crippen molar-refractivity contribution < 1.29 is 26.3 Å². The molecule has 112 valence electrons. The van der Waals surface area contributed by atoms with Crippen molar-refractivity contribution >= 4 is 15.5 Å². The zero-order valence-corrected chi connectivity index (χ0v) is 11.5. The molecule has 1 N–H and O–H groups in total. The molecule has 1 aliphatic rings. The second-order valence-corrected chi connectivity index (χ2v) is 6.59. The van der Waals surface area contributed by atoms with Crippen molar-refractivity contribution in [1.82, 2.24) is 0 Å². The molecule has 0 amide bonds. The number of sulfone groups is 1. The molecule has 1 saturated carbocycles. The quantitative estimate of drug-likeness (QED) is 0.929. The number of methoxy groups -OCH3 is 1. The molecule has 1 aliphatic carbocycles. The van der Waals surface area contributed by atoms with E-state index in [1.54, 1.807) is 7.11 Å². The highest BCUT2D eigenvalue weighted by molar-refractivity contribution is 7.92. The number of rotatable bonds is 4. The zero-order valence-electron chi connectivity index (χ0n) is 10.6. The summed E-state index contributed by atoms with van der Waals surface area (Å²) in [6, 6.07) is 4.78. The minimum atomic E-state index is -5.28. The SMILES string of the molecule is COC1CC(Nc2ccc(S(=O)(=O)C(F)(F)F)cc2)C1. The van der Waals surface area contributed by atoms with Crippen LogP contribution in [-0.4, -0.2) is 33.2 Å². The van der Waals surface area contributed by atoms with Gasteiger partial charge in [0.1, 0.15) is 0 Å². The van der Waals surface area contributed by atoms with Crippen molar-refractivity contribution in [2.45, 2.75) is 35.4 Å². The largest absolute Gasteiger partial charge is 0.501 e. The molecule has 0 saturated heterocycles. The molecule has 0 aliphatic heterocycles. The number of hydrogen-bond acceptors (Lipinski definition) is 4. The molecule has 0 unspecified atom stereocenters. The maximum absolute atomic E-state index is 12.4. The molecule has 1 aromatic rings. The Morgan fingerprint density at radius 3 is 2.20 bits per heavy atom. The maximum Gasteiger partial charge on any atom is 0.501 e. The lowest BCUT2D eigenvalue weighted by Gasteiger charge is -2.35. The highest BCUT2D eigenvalue weighted by atomic mass is 32.2. The first-order valence-electron chi connectivity index (χ1n) is 5.95. The number of alkyl halides is 3. The molecule has 0 heterocycles. The summed E-state index contributed by atoms with van der Waals surface area (Å²) < 4.78 is 64.5. The van der Waals surface area contributed by atoms with Gasteiger partial charge in [-0.2, -0.15) is 13.2 Å². The van der Waals surface area contributed by atoms with E-state index in [9.17, 15) is 21.6 Å². The van der Waals surface area contributed by atoms with Crippen LogP contribution in [0.25, 0.3) is 0 Å². The Balaban J connectivity index is 2.04. The van der Waals surface area contributed by atoms with E-state index in [0.717, 1.165) is 25.0 Å². The maximum atomic E-state index is 12.4. The first kappa shape index (κ1) is 15.1. The van der Waals surface area contributed by atoms with Crippen molar-refractivity contribution in [2.24, 2.45) is 0 Å². The summed E-state index contributed by atoms with van der Waals surface area (Å²) in [6.07, 6.45) is 1.84. The van der Waals surface area contributed by atoms with Gasteiger partial charge in [-0.25, -0.2) is 8.42 Å². The third-order valence-corrected chi connectivity index (χ3v) is 4.77. The van der Waals surface area contributed by atoms with E-state index in [4.69, 9.17) is 4.74 Å². The topological polar surface area (TPSA) is 55.4 Å². The monoisotopic (exact) mass is 309 g/mol. The average molecular weight is 309 g/mol. The van der Waals surface area contributed by atoms with E-state index in [1.807, 2.05) is 0 Å². The van der Waals surface area contributed by atoms with Gasteiger partial charge in [-0.15, -0.1) is 0 Å². The van der Waals surface area contributed by atoms with Gasteiger partial charge in [0.15, 0.2) is 0 Å². The first-order chi connectivity index (χ1) is 9.24. The summed E-state index contributed by atoms with van der Waals surface area (Å²) >= 11 is 0. The van der Waals surface area contributed by atoms with E-state index in [0.29, 0.717) is 5.69 Å². The van der Waals surface area contributed by atoms with Gasteiger partial charge < -0.3 is 10.1 Å². The Morgan fingerprint density at radius 2 is 1.75 bits per heavy atom. The second kappa shape index (κ2) is 5.25. The summed E-state index contributed by atoms with van der Waals surface area (Å²) in [5, 5.41) is 3.10. The van der Waals surface area contributed by atoms with Gasteiger partial charge in [-0.05, 0) is 37.1 Å². The number of hydrogen-bond donors (Lipinski definition) is 1. The van der Waals surface area contributed by atoms with Gasteiger partial charge in [0.05, 0.1) is 11.0 Å². The summed E-state index contributed by atoms with van der Waals surface area (Å²) in [7, 11) is -3.65. The Bertz CT molecular complexity index is 563. The lowest BCUT2D eigenvalue weighted by atomic mass is 9.89.